The second-order valence-corrected chi connectivity index (χ2v) is 3.81. The number of aromatic amines is 1. The third-order valence-electron chi connectivity index (χ3n) is 2.54. The summed E-state index contributed by atoms with van der Waals surface area (Å²) >= 11 is 0. The molecule has 100 valence electrons. The minimum Gasteiger partial charge on any atom is -0.394 e. The Bertz CT molecular complexity index is 473. The third-order valence-corrected chi connectivity index (χ3v) is 2.54. The number of nitrogens with zero attached hydrogens (tertiary/aromatic N) is 2. The number of H-pyrrole nitrogens is 1. The van der Waals surface area contributed by atoms with E-state index in [0.29, 0.717) is 18.2 Å². The first-order valence-electron chi connectivity index (χ1n) is 5.37. The highest BCUT2D eigenvalue weighted by atomic mass is 16.5. The number of aliphatic hydroxyl groups is 2. The lowest BCUT2D eigenvalue weighted by atomic mass is 10.4. The Hall–Kier alpha value is -1.84. The predicted octanol–water partition coefficient (Wildman–Crippen LogP) is -2.13. The molecule has 0 aromatic carbocycles. The molecule has 0 amide bonds. The highest BCUT2D eigenvalue weighted by molar-refractivity contribution is 5.70. The maximum Gasteiger partial charge on any atom is 0.277 e. The number of aliphatic hydroxyl groups excluding tert-OH is 2. The Labute approximate surface area is 102 Å². The van der Waals surface area contributed by atoms with Gasteiger partial charge in [0.25, 0.3) is 5.56 Å². The van der Waals surface area contributed by atoms with Crippen molar-refractivity contribution in [3.05, 3.63) is 10.4 Å². The van der Waals surface area contributed by atoms with E-state index in [1.165, 1.54) is 0 Å². The van der Waals surface area contributed by atoms with Crippen molar-refractivity contribution in [1.29, 1.82) is 0 Å². The molecule has 0 aliphatic carbocycles. The molecule has 0 radical (unpaired) electrons. The van der Waals surface area contributed by atoms with Crippen molar-refractivity contribution >= 4 is 17.5 Å². The topological polar surface area (TPSA) is 137 Å². The van der Waals surface area contributed by atoms with Crippen LogP contribution in [-0.2, 0) is 4.74 Å². The van der Waals surface area contributed by atoms with E-state index in [2.05, 4.69) is 15.3 Å². The fourth-order valence-corrected chi connectivity index (χ4v) is 1.58. The van der Waals surface area contributed by atoms with E-state index < -0.39 is 6.10 Å². The number of nitrogen functional groups attached to an aromatic ring is 1. The van der Waals surface area contributed by atoms with Crippen LogP contribution in [0.25, 0.3) is 0 Å². The second-order valence-electron chi connectivity index (χ2n) is 3.81. The number of hydrogen-bond acceptors (Lipinski definition) is 8. The van der Waals surface area contributed by atoms with Crippen LogP contribution in [0.15, 0.2) is 4.79 Å². The number of anilines is 3. The normalized spacial score (nSPS) is 13.8. The smallest absolute Gasteiger partial charge is 0.277 e. The van der Waals surface area contributed by atoms with Crippen molar-refractivity contribution in [1.82, 2.24) is 9.97 Å². The van der Waals surface area contributed by atoms with Crippen LogP contribution in [0.1, 0.15) is 0 Å². The quantitative estimate of drug-likeness (QED) is 0.403. The van der Waals surface area contributed by atoms with Crippen LogP contribution in [0.4, 0.5) is 17.5 Å². The zero-order valence-electron chi connectivity index (χ0n) is 9.59. The fourth-order valence-electron chi connectivity index (χ4n) is 1.58. The molecule has 1 aliphatic heterocycles. The molecule has 1 aromatic heterocycles. The minimum absolute atomic E-state index is 0.0216. The van der Waals surface area contributed by atoms with Gasteiger partial charge in [0.1, 0.15) is 18.5 Å². The van der Waals surface area contributed by atoms with E-state index in [4.69, 9.17) is 20.7 Å². The van der Waals surface area contributed by atoms with E-state index in [0.717, 1.165) is 0 Å². The van der Waals surface area contributed by atoms with E-state index in [1.54, 1.807) is 4.90 Å². The molecular weight excluding hydrogens is 242 g/mol. The van der Waals surface area contributed by atoms with Crippen LogP contribution in [0.3, 0.4) is 0 Å². The molecule has 0 atom stereocenters. The van der Waals surface area contributed by atoms with Crippen LogP contribution < -0.4 is 21.5 Å². The van der Waals surface area contributed by atoms with E-state index >= 15 is 0 Å². The maximum absolute atomic E-state index is 11.5. The summed E-state index contributed by atoms with van der Waals surface area (Å²) in [5.41, 5.74) is 5.44. The molecular formula is C9H15N5O4. The van der Waals surface area contributed by atoms with Gasteiger partial charge in [-0.05, 0) is 0 Å². The van der Waals surface area contributed by atoms with Gasteiger partial charge in [-0.25, -0.2) is 0 Å². The average molecular weight is 257 g/mol. The third kappa shape index (κ3) is 2.37. The minimum atomic E-state index is -0.659. The van der Waals surface area contributed by atoms with E-state index in [9.17, 15) is 4.79 Å². The lowest BCUT2D eigenvalue weighted by Gasteiger charge is -2.20. The molecule has 1 aromatic rings. The summed E-state index contributed by atoms with van der Waals surface area (Å²) in [6, 6.07) is 0. The Morgan fingerprint density at radius 2 is 2.22 bits per heavy atom. The Morgan fingerprint density at radius 1 is 1.50 bits per heavy atom. The number of rotatable bonds is 5. The first-order chi connectivity index (χ1) is 8.65. The molecule has 0 saturated heterocycles. The molecule has 0 spiro atoms. The number of aromatic nitrogens is 2. The second kappa shape index (κ2) is 5.21. The van der Waals surface area contributed by atoms with Gasteiger partial charge in [-0.2, -0.15) is 4.98 Å². The molecule has 0 unspecified atom stereocenters. The fraction of sp³-hybridized carbons (Fsp3) is 0.556. The summed E-state index contributed by atoms with van der Waals surface area (Å²) in [5, 5.41) is 20.6. The van der Waals surface area contributed by atoms with Crippen molar-refractivity contribution in [3.63, 3.8) is 0 Å². The highest BCUT2D eigenvalue weighted by Crippen LogP contribution is 2.25. The molecule has 1 aliphatic rings. The average Bonchev–Trinajstić information content (AvgIpc) is 2.74. The molecule has 0 saturated carbocycles. The number of nitrogens with two attached hydrogens (primary N) is 1. The first-order valence-corrected chi connectivity index (χ1v) is 5.37. The van der Waals surface area contributed by atoms with Crippen LogP contribution in [-0.4, -0.2) is 52.9 Å². The van der Waals surface area contributed by atoms with Crippen molar-refractivity contribution < 1.29 is 14.9 Å². The van der Waals surface area contributed by atoms with Gasteiger partial charge >= 0.3 is 0 Å². The number of hydrogen-bond donors (Lipinski definition) is 5. The first kappa shape index (κ1) is 12.6. The molecule has 9 heteroatoms. The van der Waals surface area contributed by atoms with Crippen LogP contribution in [0, 0.1) is 0 Å². The van der Waals surface area contributed by atoms with Crippen molar-refractivity contribution in [2.24, 2.45) is 0 Å². The number of ether oxygens (including phenoxy) is 1. The van der Waals surface area contributed by atoms with E-state index in [-0.39, 0.29) is 31.5 Å². The monoisotopic (exact) mass is 257 g/mol. The van der Waals surface area contributed by atoms with Gasteiger partial charge in [-0.1, -0.05) is 0 Å². The summed E-state index contributed by atoms with van der Waals surface area (Å²) in [7, 11) is 0. The van der Waals surface area contributed by atoms with Gasteiger partial charge in [-0.3, -0.25) is 9.78 Å². The van der Waals surface area contributed by atoms with Gasteiger partial charge in [0.15, 0.2) is 5.82 Å². The maximum atomic E-state index is 11.5. The van der Waals surface area contributed by atoms with Crippen LogP contribution in [0.2, 0.25) is 0 Å². The van der Waals surface area contributed by atoms with Gasteiger partial charge < -0.3 is 30.9 Å². The number of nitrogens with one attached hydrogen (secondary N) is 2. The highest BCUT2D eigenvalue weighted by Gasteiger charge is 2.24. The molecule has 18 heavy (non-hydrogen) atoms. The van der Waals surface area contributed by atoms with Crippen molar-refractivity contribution in [2.45, 2.75) is 6.10 Å². The van der Waals surface area contributed by atoms with Gasteiger partial charge in [-0.15, -0.1) is 0 Å². The number of fused-ring (bicyclic) bond motifs is 1. The zero-order valence-corrected chi connectivity index (χ0v) is 9.59. The largest absolute Gasteiger partial charge is 0.394 e. The lowest BCUT2D eigenvalue weighted by molar-refractivity contribution is -0.0186. The standard InChI is InChI=1S/C9H15N5O4/c10-9-12-7-6(8(17)13-9)11-3-14(7)4-18-5(1-15)2-16/h5,11,15-16H,1-4H2,(H3,10,12,13,17). The molecule has 0 fully saturated rings. The molecule has 2 heterocycles. The van der Waals surface area contributed by atoms with Gasteiger partial charge in [0.2, 0.25) is 5.95 Å². The molecule has 2 rings (SSSR count). The summed E-state index contributed by atoms with van der Waals surface area (Å²) in [6.45, 7) is -0.134. The van der Waals surface area contributed by atoms with Crippen molar-refractivity contribution in [2.75, 3.05) is 42.6 Å². The molecule has 9 nitrogen and oxygen atoms in total. The van der Waals surface area contributed by atoms with Crippen LogP contribution in [0.5, 0.6) is 0 Å². The van der Waals surface area contributed by atoms with Crippen molar-refractivity contribution in [3.8, 4) is 0 Å². The van der Waals surface area contributed by atoms with Gasteiger partial charge in [0.05, 0.1) is 19.9 Å². The Morgan fingerprint density at radius 3 is 2.89 bits per heavy atom. The molecule has 6 N–H and O–H groups in total. The van der Waals surface area contributed by atoms with E-state index in [1.807, 2.05) is 0 Å². The Balaban J connectivity index is 2.09. The summed E-state index contributed by atoms with van der Waals surface area (Å²) in [5.74, 6) is 0.416. The zero-order chi connectivity index (χ0) is 13.1. The van der Waals surface area contributed by atoms with Crippen LogP contribution >= 0.6 is 0 Å². The SMILES string of the molecule is Nc1nc2c(c(=O)[nH]1)NCN2COC(CO)CO. The summed E-state index contributed by atoms with van der Waals surface area (Å²) in [4.78, 5) is 19.6. The van der Waals surface area contributed by atoms with Gasteiger partial charge in [0, 0.05) is 0 Å². The summed E-state index contributed by atoms with van der Waals surface area (Å²) in [6.07, 6.45) is -0.659. The summed E-state index contributed by atoms with van der Waals surface area (Å²) < 4.78 is 5.25. The molecule has 0 bridgehead atoms. The predicted molar refractivity (Wildman–Crippen MR) is 64.2 cm³/mol. The lowest BCUT2D eigenvalue weighted by Crippen LogP contribution is -2.32. The Kier molecular flexibility index (Phi) is 3.65.